The molecule has 2 unspecified atom stereocenters. The van der Waals surface area contributed by atoms with Gasteiger partial charge in [-0.1, -0.05) is 12.1 Å². The first-order valence-corrected chi connectivity index (χ1v) is 8.52. The predicted molar refractivity (Wildman–Crippen MR) is 78.2 cm³/mol. The Morgan fingerprint density at radius 2 is 2.10 bits per heavy atom. The van der Waals surface area contributed by atoms with Crippen LogP contribution in [0.4, 0.5) is 0 Å². The van der Waals surface area contributed by atoms with Crippen molar-refractivity contribution in [2.75, 3.05) is 11.5 Å². The van der Waals surface area contributed by atoms with Gasteiger partial charge in [0.05, 0.1) is 23.1 Å². The van der Waals surface area contributed by atoms with Gasteiger partial charge in [0.2, 0.25) is 0 Å². The molecule has 1 aromatic heterocycles. The third-order valence-electron chi connectivity index (χ3n) is 3.91. The smallest absolute Gasteiger partial charge is 0.150 e. The highest BCUT2D eigenvalue weighted by molar-refractivity contribution is 7.91. The van der Waals surface area contributed by atoms with Crippen LogP contribution in [0.25, 0.3) is 10.9 Å². The van der Waals surface area contributed by atoms with E-state index in [2.05, 4.69) is 4.98 Å². The van der Waals surface area contributed by atoms with Gasteiger partial charge in [-0.25, -0.2) is 8.42 Å². The first kappa shape index (κ1) is 13.5. The molecule has 0 saturated carbocycles. The Labute approximate surface area is 118 Å². The Morgan fingerprint density at radius 3 is 2.80 bits per heavy atom. The Kier molecular flexibility index (Phi) is 3.26. The van der Waals surface area contributed by atoms with Crippen molar-refractivity contribution in [2.45, 2.75) is 19.4 Å². The number of fused-ring (bicyclic) bond motifs is 1. The molecule has 0 bridgehead atoms. The van der Waals surface area contributed by atoms with E-state index in [0.29, 0.717) is 6.42 Å². The van der Waals surface area contributed by atoms with Crippen molar-refractivity contribution in [1.82, 2.24) is 4.98 Å². The fourth-order valence-electron chi connectivity index (χ4n) is 2.77. The summed E-state index contributed by atoms with van der Waals surface area (Å²) in [5, 5.41) is 11.3. The Morgan fingerprint density at radius 1 is 1.30 bits per heavy atom. The second-order valence-electron chi connectivity index (χ2n) is 5.51. The van der Waals surface area contributed by atoms with Crippen LogP contribution in [0.3, 0.4) is 0 Å². The number of rotatable bonds is 2. The lowest BCUT2D eigenvalue weighted by molar-refractivity contribution is 0.121. The molecule has 20 heavy (non-hydrogen) atoms. The maximum absolute atomic E-state index is 11.5. The number of aliphatic hydroxyl groups is 1. The molecule has 0 spiro atoms. The van der Waals surface area contributed by atoms with Gasteiger partial charge in [-0.05, 0) is 37.1 Å². The molecule has 4 nitrogen and oxygen atoms in total. The van der Waals surface area contributed by atoms with Crippen LogP contribution in [0.1, 0.15) is 23.8 Å². The zero-order chi connectivity index (χ0) is 14.3. The average molecular weight is 291 g/mol. The monoisotopic (exact) mass is 291 g/mol. The molecule has 1 aliphatic rings. The highest BCUT2D eigenvalue weighted by Crippen LogP contribution is 2.32. The van der Waals surface area contributed by atoms with Crippen LogP contribution < -0.4 is 0 Å². The molecule has 5 heteroatoms. The van der Waals surface area contributed by atoms with Gasteiger partial charge in [0.1, 0.15) is 0 Å². The van der Waals surface area contributed by atoms with Crippen LogP contribution >= 0.6 is 0 Å². The van der Waals surface area contributed by atoms with Crippen molar-refractivity contribution >= 4 is 20.7 Å². The Hall–Kier alpha value is -1.46. The zero-order valence-electron chi connectivity index (χ0n) is 11.3. The molecule has 106 valence electrons. The van der Waals surface area contributed by atoms with Gasteiger partial charge in [0.15, 0.2) is 9.84 Å². The second kappa shape index (κ2) is 4.82. The number of hydrogen-bond donors (Lipinski definition) is 1. The van der Waals surface area contributed by atoms with Gasteiger partial charge in [-0.2, -0.15) is 0 Å². The van der Waals surface area contributed by atoms with Gasteiger partial charge in [0, 0.05) is 17.0 Å². The van der Waals surface area contributed by atoms with Crippen molar-refractivity contribution in [3.05, 3.63) is 41.6 Å². The normalized spacial score (nSPS) is 23.0. The summed E-state index contributed by atoms with van der Waals surface area (Å²) >= 11 is 0. The number of benzene rings is 1. The van der Waals surface area contributed by atoms with E-state index in [1.54, 1.807) is 0 Å². The number of nitrogens with zero attached hydrogens (tertiary/aromatic N) is 1. The highest BCUT2D eigenvalue weighted by Gasteiger charge is 2.33. The molecule has 1 fully saturated rings. The van der Waals surface area contributed by atoms with Gasteiger partial charge in [-0.15, -0.1) is 0 Å². The summed E-state index contributed by atoms with van der Waals surface area (Å²) in [4.78, 5) is 4.42. The van der Waals surface area contributed by atoms with Crippen molar-refractivity contribution < 1.29 is 13.5 Å². The SMILES string of the molecule is Cc1ccc2cc(C(O)C3CCS(=O)(=O)C3)ccc2n1. The summed E-state index contributed by atoms with van der Waals surface area (Å²) in [6.45, 7) is 1.94. The van der Waals surface area contributed by atoms with Crippen LogP contribution in [0.2, 0.25) is 0 Å². The topological polar surface area (TPSA) is 67.3 Å². The number of sulfone groups is 1. The third kappa shape index (κ3) is 2.55. The van der Waals surface area contributed by atoms with Gasteiger partial charge < -0.3 is 5.11 Å². The van der Waals surface area contributed by atoms with Crippen LogP contribution in [0.15, 0.2) is 30.3 Å². The number of aryl methyl sites for hydroxylation is 1. The molecule has 0 radical (unpaired) electrons. The minimum absolute atomic E-state index is 0.0817. The lowest BCUT2D eigenvalue weighted by Gasteiger charge is -2.17. The molecule has 3 rings (SSSR count). The van der Waals surface area contributed by atoms with E-state index in [4.69, 9.17) is 0 Å². The standard InChI is InChI=1S/C15H17NO3S/c1-10-2-3-11-8-12(4-5-14(11)16-10)15(17)13-6-7-20(18,19)9-13/h2-5,8,13,15,17H,6-7,9H2,1H3. The minimum Gasteiger partial charge on any atom is -0.388 e. The van der Waals surface area contributed by atoms with Crippen LogP contribution in [0.5, 0.6) is 0 Å². The molecule has 2 atom stereocenters. The summed E-state index contributed by atoms with van der Waals surface area (Å²) in [6, 6.07) is 9.52. The lowest BCUT2D eigenvalue weighted by atomic mass is 9.94. The fourth-order valence-corrected chi connectivity index (χ4v) is 4.60. The fraction of sp³-hybridized carbons (Fsp3) is 0.400. The molecule has 1 aliphatic heterocycles. The number of aliphatic hydroxyl groups excluding tert-OH is 1. The van der Waals surface area contributed by atoms with E-state index in [1.807, 2.05) is 37.3 Å². The summed E-state index contributed by atoms with van der Waals surface area (Å²) < 4.78 is 23.0. The molecule has 0 aliphatic carbocycles. The van der Waals surface area contributed by atoms with Crippen molar-refractivity contribution in [3.8, 4) is 0 Å². The highest BCUT2D eigenvalue weighted by atomic mass is 32.2. The molecule has 2 heterocycles. The third-order valence-corrected chi connectivity index (χ3v) is 5.70. The summed E-state index contributed by atoms with van der Waals surface area (Å²) in [5.41, 5.74) is 2.61. The lowest BCUT2D eigenvalue weighted by Crippen LogP contribution is -2.14. The molecule has 1 N–H and O–H groups in total. The van der Waals surface area contributed by atoms with E-state index in [0.717, 1.165) is 22.2 Å². The zero-order valence-corrected chi connectivity index (χ0v) is 12.1. The molecular weight excluding hydrogens is 274 g/mol. The van der Waals surface area contributed by atoms with Crippen molar-refractivity contribution in [2.24, 2.45) is 5.92 Å². The Bertz CT molecular complexity index is 755. The predicted octanol–water partition coefficient (Wildman–Crippen LogP) is 2.01. The second-order valence-corrected chi connectivity index (χ2v) is 7.74. The summed E-state index contributed by atoms with van der Waals surface area (Å²) in [6.07, 6.45) is -0.189. The van der Waals surface area contributed by atoms with Crippen LogP contribution in [0, 0.1) is 12.8 Å². The molecule has 1 saturated heterocycles. The number of aromatic nitrogens is 1. The van der Waals surface area contributed by atoms with E-state index in [9.17, 15) is 13.5 Å². The first-order chi connectivity index (χ1) is 9.44. The van der Waals surface area contributed by atoms with Crippen LogP contribution in [-0.4, -0.2) is 30.0 Å². The number of hydrogen-bond acceptors (Lipinski definition) is 4. The van der Waals surface area contributed by atoms with Gasteiger partial charge >= 0.3 is 0 Å². The maximum Gasteiger partial charge on any atom is 0.150 e. The van der Waals surface area contributed by atoms with E-state index >= 15 is 0 Å². The first-order valence-electron chi connectivity index (χ1n) is 6.70. The van der Waals surface area contributed by atoms with E-state index in [1.165, 1.54) is 0 Å². The largest absolute Gasteiger partial charge is 0.388 e. The van der Waals surface area contributed by atoms with E-state index in [-0.39, 0.29) is 17.4 Å². The van der Waals surface area contributed by atoms with E-state index < -0.39 is 15.9 Å². The van der Waals surface area contributed by atoms with Crippen molar-refractivity contribution in [1.29, 1.82) is 0 Å². The maximum atomic E-state index is 11.5. The quantitative estimate of drug-likeness (QED) is 0.919. The van der Waals surface area contributed by atoms with Gasteiger partial charge in [-0.3, -0.25) is 4.98 Å². The van der Waals surface area contributed by atoms with Crippen molar-refractivity contribution in [3.63, 3.8) is 0 Å². The molecule has 0 amide bonds. The Balaban J connectivity index is 1.92. The number of pyridine rings is 1. The molecular formula is C15H17NO3S. The molecule has 1 aromatic carbocycles. The average Bonchev–Trinajstić information content (AvgIpc) is 2.77. The molecule has 2 aromatic rings. The summed E-state index contributed by atoms with van der Waals surface area (Å²) in [5.74, 6) is 0.0670. The summed E-state index contributed by atoms with van der Waals surface area (Å²) in [7, 11) is -2.97. The van der Waals surface area contributed by atoms with Gasteiger partial charge in [0.25, 0.3) is 0 Å². The minimum atomic E-state index is -2.97. The van der Waals surface area contributed by atoms with Crippen LogP contribution in [-0.2, 0) is 9.84 Å².